The summed E-state index contributed by atoms with van der Waals surface area (Å²) in [5, 5.41) is 10.4. The molecule has 8 nitrogen and oxygen atoms in total. The Balaban J connectivity index is 1.99. The number of carbonyl (C=O) groups is 1. The number of benzene rings is 2. The molecule has 0 aromatic heterocycles. The molecule has 0 radical (unpaired) electrons. The van der Waals surface area contributed by atoms with Crippen molar-refractivity contribution in [1.82, 2.24) is 10.7 Å². The van der Waals surface area contributed by atoms with Gasteiger partial charge in [0.15, 0.2) is 23.2 Å². The number of nitrogens with zero attached hydrogens (tertiary/aromatic N) is 1. The zero-order chi connectivity index (χ0) is 21.2. The highest BCUT2D eigenvalue weighted by Crippen LogP contribution is 2.29. The Kier molecular flexibility index (Phi) is 8.50. The lowest BCUT2D eigenvalue weighted by Crippen LogP contribution is -2.28. The zero-order valence-electron chi connectivity index (χ0n) is 16.1. The third-order valence-electron chi connectivity index (χ3n) is 3.59. The maximum Gasteiger partial charge on any atom is 0.262 e. The second-order valence-electron chi connectivity index (χ2n) is 5.54. The van der Waals surface area contributed by atoms with Crippen molar-refractivity contribution in [2.45, 2.75) is 0 Å². The second-order valence-corrected chi connectivity index (χ2v) is 6.39. The van der Waals surface area contributed by atoms with Gasteiger partial charge in [-0.05, 0) is 48.1 Å². The molecule has 0 aliphatic carbocycles. The van der Waals surface area contributed by atoms with Crippen LogP contribution in [-0.2, 0) is 4.79 Å². The van der Waals surface area contributed by atoms with E-state index in [2.05, 4.69) is 21.2 Å². The summed E-state index contributed by atoms with van der Waals surface area (Å²) in [6.45, 7) is -0.215. The molecule has 3 N–H and O–H groups in total. The minimum atomic E-state index is -0.358. The van der Waals surface area contributed by atoms with E-state index in [4.69, 9.17) is 38.0 Å². The molecule has 2 aromatic carbocycles. The van der Waals surface area contributed by atoms with E-state index in [9.17, 15) is 4.79 Å². The van der Waals surface area contributed by atoms with Gasteiger partial charge in [-0.2, -0.15) is 5.10 Å². The van der Waals surface area contributed by atoms with Crippen LogP contribution in [0.3, 0.4) is 0 Å². The van der Waals surface area contributed by atoms with Gasteiger partial charge in [0, 0.05) is 18.1 Å². The van der Waals surface area contributed by atoms with Crippen LogP contribution < -0.4 is 30.3 Å². The van der Waals surface area contributed by atoms with E-state index in [0.29, 0.717) is 33.1 Å². The van der Waals surface area contributed by atoms with Gasteiger partial charge < -0.3 is 24.8 Å². The van der Waals surface area contributed by atoms with Crippen LogP contribution in [0.4, 0.5) is 5.69 Å². The van der Waals surface area contributed by atoms with Crippen LogP contribution in [0.15, 0.2) is 41.5 Å². The molecule has 0 saturated carbocycles. The largest absolute Gasteiger partial charge is 0.495 e. The van der Waals surface area contributed by atoms with E-state index in [1.54, 1.807) is 49.7 Å². The molecule has 0 fully saturated rings. The third kappa shape index (κ3) is 6.81. The van der Waals surface area contributed by atoms with E-state index in [0.717, 1.165) is 5.56 Å². The number of anilines is 1. The Bertz CT molecular complexity index is 908. The number of amides is 1. The van der Waals surface area contributed by atoms with E-state index >= 15 is 0 Å². The summed E-state index contributed by atoms with van der Waals surface area (Å²) >= 11 is 10.9. The highest BCUT2D eigenvalue weighted by Gasteiger charge is 2.11. The van der Waals surface area contributed by atoms with Gasteiger partial charge in [-0.1, -0.05) is 11.6 Å². The number of hydrogen-bond acceptors (Lipinski definition) is 6. The van der Waals surface area contributed by atoms with Crippen LogP contribution in [0.5, 0.6) is 17.2 Å². The number of nitrogens with one attached hydrogen (secondary N) is 3. The minimum absolute atomic E-state index is 0.215. The number of halogens is 1. The van der Waals surface area contributed by atoms with Gasteiger partial charge in [0.2, 0.25) is 0 Å². The van der Waals surface area contributed by atoms with Gasteiger partial charge in [0.25, 0.3) is 5.91 Å². The highest BCUT2D eigenvalue weighted by atomic mass is 35.5. The topological polar surface area (TPSA) is 93.2 Å². The minimum Gasteiger partial charge on any atom is -0.495 e. The molecule has 0 heterocycles. The van der Waals surface area contributed by atoms with Crippen LogP contribution in [0, 0.1) is 0 Å². The maximum absolute atomic E-state index is 12.2. The van der Waals surface area contributed by atoms with Crippen molar-refractivity contribution in [2.24, 2.45) is 5.10 Å². The number of ether oxygens (including phenoxy) is 3. The monoisotopic (exact) mass is 436 g/mol. The first-order valence-electron chi connectivity index (χ1n) is 8.41. The molecule has 2 rings (SSSR count). The number of hydrazone groups is 1. The van der Waals surface area contributed by atoms with Gasteiger partial charge in [0.1, 0.15) is 5.75 Å². The molecule has 0 atom stereocenters. The zero-order valence-corrected chi connectivity index (χ0v) is 17.7. The number of rotatable bonds is 8. The Hall–Kier alpha value is -3.04. The average molecular weight is 437 g/mol. The summed E-state index contributed by atoms with van der Waals surface area (Å²) in [6.07, 6.45) is 1.58. The fourth-order valence-electron chi connectivity index (χ4n) is 2.20. The Morgan fingerprint density at radius 3 is 2.59 bits per heavy atom. The lowest BCUT2D eigenvalue weighted by molar-refractivity contribution is -0.118. The van der Waals surface area contributed by atoms with Gasteiger partial charge in [0.05, 0.1) is 26.1 Å². The smallest absolute Gasteiger partial charge is 0.262 e. The van der Waals surface area contributed by atoms with Gasteiger partial charge in [-0.15, -0.1) is 0 Å². The van der Waals surface area contributed by atoms with Crippen LogP contribution in [0.25, 0.3) is 0 Å². The third-order valence-corrected chi connectivity index (χ3v) is 4.12. The summed E-state index contributed by atoms with van der Waals surface area (Å²) in [5.41, 5.74) is 3.91. The molecule has 154 valence electrons. The van der Waals surface area contributed by atoms with E-state index in [1.165, 1.54) is 14.2 Å². The van der Waals surface area contributed by atoms with Gasteiger partial charge in [-0.3, -0.25) is 10.2 Å². The van der Waals surface area contributed by atoms with Crippen molar-refractivity contribution in [3.63, 3.8) is 0 Å². The molecular weight excluding hydrogens is 416 g/mol. The average Bonchev–Trinajstić information content (AvgIpc) is 2.73. The number of thiocarbonyl (C=S) groups is 1. The fourth-order valence-corrected chi connectivity index (χ4v) is 2.42. The molecule has 0 unspecified atom stereocenters. The summed E-state index contributed by atoms with van der Waals surface area (Å²) in [5.74, 6) is 0.977. The van der Waals surface area contributed by atoms with E-state index in [1.807, 2.05) is 0 Å². The van der Waals surface area contributed by atoms with Crippen molar-refractivity contribution in [3.05, 3.63) is 47.0 Å². The molecule has 0 spiro atoms. The molecule has 29 heavy (non-hydrogen) atoms. The van der Waals surface area contributed by atoms with Crippen molar-refractivity contribution < 1.29 is 19.0 Å². The van der Waals surface area contributed by atoms with Crippen LogP contribution in [0.1, 0.15) is 5.56 Å². The first-order chi connectivity index (χ1) is 14.0. The van der Waals surface area contributed by atoms with Crippen molar-refractivity contribution >= 4 is 46.7 Å². The van der Waals surface area contributed by atoms with Crippen molar-refractivity contribution in [3.8, 4) is 17.2 Å². The molecule has 0 aliphatic heterocycles. The molecule has 10 heteroatoms. The summed E-state index contributed by atoms with van der Waals surface area (Å²) in [7, 11) is 4.70. The highest BCUT2D eigenvalue weighted by molar-refractivity contribution is 7.80. The maximum atomic E-state index is 12.2. The normalized spacial score (nSPS) is 10.3. The van der Waals surface area contributed by atoms with Crippen LogP contribution in [-0.4, -0.2) is 45.1 Å². The Labute approximate surface area is 179 Å². The van der Waals surface area contributed by atoms with Gasteiger partial charge in [-0.25, -0.2) is 0 Å². The van der Waals surface area contributed by atoms with Gasteiger partial charge >= 0.3 is 0 Å². The summed E-state index contributed by atoms with van der Waals surface area (Å²) in [6, 6.07) is 10.1. The van der Waals surface area contributed by atoms with Crippen LogP contribution >= 0.6 is 23.8 Å². The number of hydrogen-bond donors (Lipinski definition) is 3. The standard InChI is InChI=1S/C19H21ClN4O4S/c1-21-19(29)24-22-10-12-4-7-15(17(8-12)27-3)28-11-18(25)23-14-6-5-13(20)9-16(14)26-2/h4-10H,11H2,1-3H3,(H,23,25)(H2,21,24,29)/b22-10+. The quantitative estimate of drug-likeness (QED) is 0.333. The summed E-state index contributed by atoms with van der Waals surface area (Å²) < 4.78 is 16.1. The van der Waals surface area contributed by atoms with Crippen molar-refractivity contribution in [2.75, 3.05) is 33.2 Å². The second kappa shape index (κ2) is 11.1. The van der Waals surface area contributed by atoms with E-state index in [-0.39, 0.29) is 12.5 Å². The Morgan fingerprint density at radius 2 is 1.90 bits per heavy atom. The number of carbonyl (C=O) groups excluding carboxylic acids is 1. The lowest BCUT2D eigenvalue weighted by Gasteiger charge is -2.13. The number of methoxy groups -OCH3 is 2. The Morgan fingerprint density at radius 1 is 1.14 bits per heavy atom. The van der Waals surface area contributed by atoms with Crippen LogP contribution in [0.2, 0.25) is 5.02 Å². The molecule has 1 amide bonds. The lowest BCUT2D eigenvalue weighted by atomic mass is 10.2. The first-order valence-corrected chi connectivity index (χ1v) is 9.20. The molecule has 0 bridgehead atoms. The van der Waals surface area contributed by atoms with E-state index < -0.39 is 0 Å². The SMILES string of the molecule is CNC(=S)N/N=C/c1ccc(OCC(=O)Nc2ccc(Cl)cc2OC)c(OC)c1. The predicted octanol–water partition coefficient (Wildman–Crippen LogP) is 2.80. The molecular formula is C19H21ClN4O4S. The fraction of sp³-hybridized carbons (Fsp3) is 0.211. The first kappa shape index (κ1) is 22.3. The molecule has 0 saturated heterocycles. The summed E-state index contributed by atoms with van der Waals surface area (Å²) in [4.78, 5) is 12.2. The predicted molar refractivity (Wildman–Crippen MR) is 118 cm³/mol. The van der Waals surface area contributed by atoms with Crippen molar-refractivity contribution in [1.29, 1.82) is 0 Å². The molecule has 0 aliphatic rings. The molecule has 2 aromatic rings.